The Labute approximate surface area is 121 Å². The molecule has 0 aromatic rings. The average molecular weight is 285 g/mol. The van der Waals surface area contributed by atoms with E-state index in [1.54, 1.807) is 11.9 Å². The van der Waals surface area contributed by atoms with Gasteiger partial charge in [0.05, 0.1) is 5.41 Å². The lowest BCUT2D eigenvalue weighted by atomic mass is 9.74. The van der Waals surface area contributed by atoms with Crippen LogP contribution in [0.15, 0.2) is 0 Å². The van der Waals surface area contributed by atoms with E-state index in [4.69, 9.17) is 0 Å². The molecule has 0 atom stereocenters. The second kappa shape index (κ2) is 7.47. The predicted molar refractivity (Wildman–Crippen MR) is 77.7 cm³/mol. The van der Waals surface area contributed by atoms with Crippen LogP contribution in [-0.4, -0.2) is 67.7 Å². The van der Waals surface area contributed by atoms with Gasteiger partial charge in [-0.05, 0) is 26.9 Å². The zero-order valence-corrected chi connectivity index (χ0v) is 12.8. The second-order valence-corrected chi connectivity index (χ2v) is 6.03. The van der Waals surface area contributed by atoms with Crippen molar-refractivity contribution < 1.29 is 14.7 Å². The topological polar surface area (TPSA) is 72.9 Å². The Bertz CT molecular complexity index is 339. The number of hydrogen-bond acceptors (Lipinski definition) is 3. The Morgan fingerprint density at radius 2 is 1.70 bits per heavy atom. The van der Waals surface area contributed by atoms with Crippen molar-refractivity contribution >= 4 is 12.0 Å². The summed E-state index contributed by atoms with van der Waals surface area (Å²) in [7, 11) is 5.63. The van der Waals surface area contributed by atoms with Crippen molar-refractivity contribution in [3.05, 3.63) is 0 Å². The SMILES string of the molecule is CN(C)CCN(C)C(=O)NCC1(C(=O)O)CCCCC1. The Morgan fingerprint density at radius 1 is 1.10 bits per heavy atom. The van der Waals surface area contributed by atoms with Crippen LogP contribution < -0.4 is 5.32 Å². The van der Waals surface area contributed by atoms with E-state index in [0.29, 0.717) is 19.4 Å². The van der Waals surface area contributed by atoms with Gasteiger partial charge < -0.3 is 20.2 Å². The summed E-state index contributed by atoms with van der Waals surface area (Å²) in [5.41, 5.74) is -0.768. The van der Waals surface area contributed by atoms with Crippen LogP contribution in [0.3, 0.4) is 0 Å². The Balaban J connectivity index is 2.46. The average Bonchev–Trinajstić information content (AvgIpc) is 2.42. The number of carbonyl (C=O) groups is 2. The third-order valence-corrected chi connectivity index (χ3v) is 4.07. The van der Waals surface area contributed by atoms with Crippen LogP contribution in [0.2, 0.25) is 0 Å². The number of rotatable bonds is 6. The highest BCUT2D eigenvalue weighted by atomic mass is 16.4. The maximum absolute atomic E-state index is 12.0. The maximum atomic E-state index is 12.0. The molecule has 0 unspecified atom stereocenters. The molecule has 1 aliphatic carbocycles. The highest BCUT2D eigenvalue weighted by molar-refractivity contribution is 5.78. The summed E-state index contributed by atoms with van der Waals surface area (Å²) in [6.07, 6.45) is 4.26. The highest BCUT2D eigenvalue weighted by Gasteiger charge is 2.39. The molecule has 1 rings (SSSR count). The minimum atomic E-state index is -0.784. The summed E-state index contributed by atoms with van der Waals surface area (Å²) < 4.78 is 0. The molecule has 0 bridgehead atoms. The fraction of sp³-hybridized carbons (Fsp3) is 0.857. The fourth-order valence-corrected chi connectivity index (χ4v) is 2.53. The quantitative estimate of drug-likeness (QED) is 0.770. The van der Waals surface area contributed by atoms with Gasteiger partial charge in [-0.25, -0.2) is 4.79 Å². The molecule has 20 heavy (non-hydrogen) atoms. The first kappa shape index (κ1) is 16.8. The minimum Gasteiger partial charge on any atom is -0.481 e. The summed E-state index contributed by atoms with van der Waals surface area (Å²) in [4.78, 5) is 27.1. The van der Waals surface area contributed by atoms with Gasteiger partial charge in [0.1, 0.15) is 0 Å². The summed E-state index contributed by atoms with van der Waals surface area (Å²) >= 11 is 0. The van der Waals surface area contributed by atoms with Gasteiger partial charge in [0.2, 0.25) is 0 Å². The molecule has 1 fully saturated rings. The third kappa shape index (κ3) is 4.67. The van der Waals surface area contributed by atoms with Crippen LogP contribution in [0.25, 0.3) is 0 Å². The van der Waals surface area contributed by atoms with Gasteiger partial charge in [-0.1, -0.05) is 19.3 Å². The van der Waals surface area contributed by atoms with Crippen LogP contribution in [0.4, 0.5) is 4.79 Å². The van der Waals surface area contributed by atoms with Crippen molar-refractivity contribution in [3.8, 4) is 0 Å². The normalized spacial score (nSPS) is 17.8. The number of amides is 2. The first-order valence-electron chi connectivity index (χ1n) is 7.24. The maximum Gasteiger partial charge on any atom is 0.317 e. The molecule has 0 radical (unpaired) electrons. The number of nitrogens with zero attached hydrogens (tertiary/aromatic N) is 2. The highest BCUT2D eigenvalue weighted by Crippen LogP contribution is 2.35. The molecule has 0 aromatic carbocycles. The summed E-state index contributed by atoms with van der Waals surface area (Å²) in [5, 5.41) is 12.2. The molecule has 116 valence electrons. The number of hydrogen-bond donors (Lipinski definition) is 2. The molecule has 0 heterocycles. The first-order valence-corrected chi connectivity index (χ1v) is 7.24. The standard InChI is InChI=1S/C14H27N3O3/c1-16(2)9-10-17(3)13(20)15-11-14(12(18)19)7-5-4-6-8-14/h4-11H2,1-3H3,(H,15,20)(H,18,19). The Morgan fingerprint density at radius 3 is 2.20 bits per heavy atom. The number of urea groups is 1. The van der Waals surface area contributed by atoms with Gasteiger partial charge in [-0.15, -0.1) is 0 Å². The molecule has 0 saturated heterocycles. The number of aliphatic carboxylic acids is 1. The molecular formula is C14H27N3O3. The summed E-state index contributed by atoms with van der Waals surface area (Å²) in [6, 6.07) is -0.196. The summed E-state index contributed by atoms with van der Waals surface area (Å²) in [6.45, 7) is 1.64. The predicted octanol–water partition coefficient (Wildman–Crippen LogP) is 1.22. The van der Waals surface area contributed by atoms with Crippen LogP contribution >= 0.6 is 0 Å². The van der Waals surface area contributed by atoms with Gasteiger partial charge in [-0.3, -0.25) is 4.79 Å². The molecular weight excluding hydrogens is 258 g/mol. The lowest BCUT2D eigenvalue weighted by Crippen LogP contribution is -2.48. The molecule has 1 aliphatic rings. The molecule has 0 aliphatic heterocycles. The second-order valence-electron chi connectivity index (χ2n) is 6.03. The van der Waals surface area contributed by atoms with Crippen molar-refractivity contribution in [2.75, 3.05) is 40.8 Å². The van der Waals surface area contributed by atoms with E-state index < -0.39 is 11.4 Å². The van der Waals surface area contributed by atoms with Crippen molar-refractivity contribution in [3.63, 3.8) is 0 Å². The minimum absolute atomic E-state index is 0.196. The van der Waals surface area contributed by atoms with Gasteiger partial charge in [0.15, 0.2) is 0 Å². The number of nitrogens with one attached hydrogen (secondary N) is 1. The number of carboxylic acids is 1. The fourth-order valence-electron chi connectivity index (χ4n) is 2.53. The smallest absolute Gasteiger partial charge is 0.317 e. The summed E-state index contributed by atoms with van der Waals surface area (Å²) in [5.74, 6) is -0.784. The lowest BCUT2D eigenvalue weighted by Gasteiger charge is -2.33. The zero-order chi connectivity index (χ0) is 15.2. The van der Waals surface area contributed by atoms with Gasteiger partial charge in [-0.2, -0.15) is 0 Å². The van der Waals surface area contributed by atoms with Crippen molar-refractivity contribution in [2.24, 2.45) is 5.41 Å². The Kier molecular flexibility index (Phi) is 6.26. The van der Waals surface area contributed by atoms with E-state index in [-0.39, 0.29) is 12.6 Å². The van der Waals surface area contributed by atoms with Crippen LogP contribution in [-0.2, 0) is 4.79 Å². The molecule has 1 saturated carbocycles. The zero-order valence-electron chi connectivity index (χ0n) is 12.8. The van der Waals surface area contributed by atoms with E-state index in [2.05, 4.69) is 5.32 Å². The first-order chi connectivity index (χ1) is 9.37. The molecule has 0 aromatic heterocycles. The third-order valence-electron chi connectivity index (χ3n) is 4.07. The molecule has 6 nitrogen and oxygen atoms in total. The van der Waals surface area contributed by atoms with E-state index in [9.17, 15) is 14.7 Å². The van der Waals surface area contributed by atoms with E-state index in [1.807, 2.05) is 19.0 Å². The molecule has 2 amide bonds. The molecule has 0 spiro atoms. The monoisotopic (exact) mass is 285 g/mol. The van der Waals surface area contributed by atoms with Gasteiger partial charge in [0, 0.05) is 26.7 Å². The van der Waals surface area contributed by atoms with Crippen molar-refractivity contribution in [1.82, 2.24) is 15.1 Å². The molecule has 2 N–H and O–H groups in total. The van der Waals surface area contributed by atoms with Crippen LogP contribution in [0, 0.1) is 5.41 Å². The Hall–Kier alpha value is -1.30. The van der Waals surface area contributed by atoms with Crippen molar-refractivity contribution in [2.45, 2.75) is 32.1 Å². The largest absolute Gasteiger partial charge is 0.481 e. The van der Waals surface area contributed by atoms with Crippen LogP contribution in [0.1, 0.15) is 32.1 Å². The number of likely N-dealkylation sites (N-methyl/N-ethyl adjacent to an activating group) is 2. The van der Waals surface area contributed by atoms with E-state index in [1.165, 1.54) is 0 Å². The van der Waals surface area contributed by atoms with Crippen molar-refractivity contribution in [1.29, 1.82) is 0 Å². The lowest BCUT2D eigenvalue weighted by molar-refractivity contribution is -0.150. The van der Waals surface area contributed by atoms with E-state index >= 15 is 0 Å². The van der Waals surface area contributed by atoms with E-state index in [0.717, 1.165) is 25.8 Å². The van der Waals surface area contributed by atoms with Crippen LogP contribution in [0.5, 0.6) is 0 Å². The molecule has 6 heteroatoms. The number of carboxylic acid groups (broad SMARTS) is 1. The van der Waals surface area contributed by atoms with Gasteiger partial charge in [0.25, 0.3) is 0 Å². The van der Waals surface area contributed by atoms with Gasteiger partial charge >= 0.3 is 12.0 Å². The number of carbonyl (C=O) groups excluding carboxylic acids is 1.